The van der Waals surface area contributed by atoms with E-state index in [-0.39, 0.29) is 0 Å². The molecule has 0 aliphatic heterocycles. The van der Waals surface area contributed by atoms with Crippen molar-refractivity contribution in [2.45, 2.75) is 39.7 Å². The van der Waals surface area contributed by atoms with Crippen molar-refractivity contribution >= 4 is 43.2 Å². The Bertz CT molecular complexity index is 584. The molecule has 0 bridgehead atoms. The SMILES string of the molecule is CCCNC(Cc1cc(Br)cs1)c1cc(C)c(Br)c(C)c1. The molecule has 1 N–H and O–H groups in total. The maximum Gasteiger partial charge on any atom is 0.0368 e. The van der Waals surface area contributed by atoms with E-state index in [9.17, 15) is 0 Å². The Morgan fingerprint density at radius 1 is 1.14 bits per heavy atom. The Morgan fingerprint density at radius 2 is 1.81 bits per heavy atom. The quantitative estimate of drug-likeness (QED) is 0.577. The third kappa shape index (κ3) is 4.65. The van der Waals surface area contributed by atoms with E-state index < -0.39 is 0 Å². The fourth-order valence-corrected chi connectivity index (χ4v) is 4.20. The van der Waals surface area contributed by atoms with Crippen LogP contribution < -0.4 is 5.32 Å². The largest absolute Gasteiger partial charge is 0.310 e. The number of nitrogens with one attached hydrogen (secondary N) is 1. The van der Waals surface area contributed by atoms with E-state index in [0.29, 0.717) is 6.04 Å². The first kappa shape index (κ1) is 17.2. The summed E-state index contributed by atoms with van der Waals surface area (Å²) in [5.74, 6) is 0. The molecule has 0 saturated heterocycles. The lowest BCUT2D eigenvalue weighted by Crippen LogP contribution is -2.24. The van der Waals surface area contributed by atoms with Gasteiger partial charge in [0.2, 0.25) is 0 Å². The summed E-state index contributed by atoms with van der Waals surface area (Å²) in [5, 5.41) is 5.85. The lowest BCUT2D eigenvalue weighted by Gasteiger charge is -2.20. The van der Waals surface area contributed by atoms with Crippen LogP contribution in [-0.4, -0.2) is 6.54 Å². The summed E-state index contributed by atoms with van der Waals surface area (Å²) in [6, 6.07) is 7.20. The van der Waals surface area contributed by atoms with Gasteiger partial charge in [-0.15, -0.1) is 11.3 Å². The van der Waals surface area contributed by atoms with E-state index in [4.69, 9.17) is 0 Å². The minimum atomic E-state index is 0.376. The standard InChI is InChI=1S/C17H21Br2NS/c1-4-5-20-16(9-15-8-14(18)10-21-15)13-6-11(2)17(19)12(3)7-13/h6-8,10,16,20H,4-5,9H2,1-3H3. The second-order valence-corrected chi connectivity index (χ2v) is 8.12. The number of hydrogen-bond acceptors (Lipinski definition) is 2. The van der Waals surface area contributed by atoms with Gasteiger partial charge in [-0.1, -0.05) is 35.0 Å². The van der Waals surface area contributed by atoms with Gasteiger partial charge in [0.05, 0.1) is 0 Å². The van der Waals surface area contributed by atoms with Crippen molar-refractivity contribution in [2.75, 3.05) is 6.54 Å². The molecule has 2 rings (SSSR count). The fraction of sp³-hybridized carbons (Fsp3) is 0.412. The maximum atomic E-state index is 3.69. The molecule has 114 valence electrons. The van der Waals surface area contributed by atoms with Gasteiger partial charge in [-0.05, 0) is 65.5 Å². The Hall–Kier alpha value is -0.160. The van der Waals surface area contributed by atoms with Gasteiger partial charge in [0, 0.05) is 31.7 Å². The Kier molecular flexibility index (Phi) is 6.48. The molecule has 0 amide bonds. The van der Waals surface area contributed by atoms with Crippen LogP contribution in [0.4, 0.5) is 0 Å². The molecule has 1 heterocycles. The van der Waals surface area contributed by atoms with Gasteiger partial charge >= 0.3 is 0 Å². The molecule has 1 atom stereocenters. The summed E-state index contributed by atoms with van der Waals surface area (Å²) in [6.45, 7) is 7.59. The van der Waals surface area contributed by atoms with Gasteiger partial charge in [-0.2, -0.15) is 0 Å². The van der Waals surface area contributed by atoms with Crippen LogP contribution in [0.1, 0.15) is 41.0 Å². The summed E-state index contributed by atoms with van der Waals surface area (Å²) in [5.41, 5.74) is 3.99. The molecule has 0 aliphatic carbocycles. The number of halogens is 2. The molecule has 1 aromatic heterocycles. The minimum Gasteiger partial charge on any atom is -0.310 e. The highest BCUT2D eigenvalue weighted by molar-refractivity contribution is 9.10. The molecule has 0 radical (unpaired) electrons. The molecule has 21 heavy (non-hydrogen) atoms. The molecule has 1 aromatic carbocycles. The van der Waals surface area contributed by atoms with Crippen LogP contribution >= 0.6 is 43.2 Å². The summed E-state index contributed by atoms with van der Waals surface area (Å²) in [7, 11) is 0. The highest BCUT2D eigenvalue weighted by atomic mass is 79.9. The summed E-state index contributed by atoms with van der Waals surface area (Å²) in [6.07, 6.45) is 2.19. The van der Waals surface area contributed by atoms with Gasteiger partial charge in [0.25, 0.3) is 0 Å². The van der Waals surface area contributed by atoms with Crippen LogP contribution in [-0.2, 0) is 6.42 Å². The van der Waals surface area contributed by atoms with Gasteiger partial charge in [0.15, 0.2) is 0 Å². The van der Waals surface area contributed by atoms with E-state index in [1.807, 2.05) is 11.3 Å². The molecule has 0 fully saturated rings. The Morgan fingerprint density at radius 3 is 2.33 bits per heavy atom. The molecular formula is C17H21Br2NS. The zero-order valence-electron chi connectivity index (χ0n) is 12.7. The first-order chi connectivity index (χ1) is 10.0. The van der Waals surface area contributed by atoms with Crippen molar-refractivity contribution in [3.8, 4) is 0 Å². The van der Waals surface area contributed by atoms with Crippen molar-refractivity contribution in [2.24, 2.45) is 0 Å². The zero-order valence-corrected chi connectivity index (χ0v) is 16.7. The molecule has 0 saturated carbocycles. The zero-order chi connectivity index (χ0) is 15.4. The molecule has 4 heteroatoms. The number of thiophene rings is 1. The van der Waals surface area contributed by atoms with Crippen LogP contribution in [0.25, 0.3) is 0 Å². The number of hydrogen-bond donors (Lipinski definition) is 1. The van der Waals surface area contributed by atoms with Gasteiger partial charge < -0.3 is 5.32 Å². The van der Waals surface area contributed by atoms with Crippen molar-refractivity contribution in [3.63, 3.8) is 0 Å². The van der Waals surface area contributed by atoms with Gasteiger partial charge in [-0.3, -0.25) is 0 Å². The van der Waals surface area contributed by atoms with Crippen LogP contribution in [0, 0.1) is 13.8 Å². The highest BCUT2D eigenvalue weighted by Gasteiger charge is 2.15. The third-order valence-electron chi connectivity index (χ3n) is 3.53. The van der Waals surface area contributed by atoms with Gasteiger partial charge in [0.1, 0.15) is 0 Å². The second-order valence-electron chi connectivity index (χ2n) is 5.41. The van der Waals surface area contributed by atoms with Gasteiger partial charge in [-0.25, -0.2) is 0 Å². The minimum absolute atomic E-state index is 0.376. The predicted molar refractivity (Wildman–Crippen MR) is 100 cm³/mol. The average molecular weight is 431 g/mol. The van der Waals surface area contributed by atoms with E-state index >= 15 is 0 Å². The van der Waals surface area contributed by atoms with Crippen LogP contribution in [0.3, 0.4) is 0 Å². The molecule has 1 unspecified atom stereocenters. The molecular weight excluding hydrogens is 410 g/mol. The average Bonchev–Trinajstić information content (AvgIpc) is 2.85. The summed E-state index contributed by atoms with van der Waals surface area (Å²) in [4.78, 5) is 1.41. The van der Waals surface area contributed by atoms with Crippen molar-refractivity contribution in [1.29, 1.82) is 0 Å². The fourth-order valence-electron chi connectivity index (χ4n) is 2.47. The predicted octanol–water partition coefficient (Wildman–Crippen LogP) is 6.17. The highest BCUT2D eigenvalue weighted by Crippen LogP contribution is 2.29. The number of benzene rings is 1. The lowest BCUT2D eigenvalue weighted by atomic mass is 9.98. The van der Waals surface area contributed by atoms with Crippen molar-refractivity contribution in [3.05, 3.63) is 54.1 Å². The Balaban J connectivity index is 2.26. The van der Waals surface area contributed by atoms with E-state index in [0.717, 1.165) is 19.4 Å². The monoisotopic (exact) mass is 429 g/mol. The maximum absolute atomic E-state index is 3.69. The molecule has 1 nitrogen and oxygen atoms in total. The number of aryl methyl sites for hydroxylation is 2. The number of rotatable bonds is 6. The lowest BCUT2D eigenvalue weighted by molar-refractivity contribution is 0.531. The third-order valence-corrected chi connectivity index (χ3v) is 6.50. The second kappa shape index (κ2) is 7.91. The molecule has 0 aliphatic rings. The van der Waals surface area contributed by atoms with Crippen molar-refractivity contribution in [1.82, 2.24) is 5.32 Å². The van der Waals surface area contributed by atoms with E-state index in [2.05, 4.69) is 81.5 Å². The van der Waals surface area contributed by atoms with Crippen LogP contribution in [0.2, 0.25) is 0 Å². The topological polar surface area (TPSA) is 12.0 Å². The van der Waals surface area contributed by atoms with Crippen LogP contribution in [0.5, 0.6) is 0 Å². The van der Waals surface area contributed by atoms with Crippen LogP contribution in [0.15, 0.2) is 32.5 Å². The summed E-state index contributed by atoms with van der Waals surface area (Å²) < 4.78 is 2.40. The smallest absolute Gasteiger partial charge is 0.0368 e. The molecule has 2 aromatic rings. The summed E-state index contributed by atoms with van der Waals surface area (Å²) >= 11 is 9.03. The first-order valence-electron chi connectivity index (χ1n) is 7.24. The van der Waals surface area contributed by atoms with Crippen molar-refractivity contribution < 1.29 is 0 Å². The molecule has 0 spiro atoms. The van der Waals surface area contributed by atoms with E-state index in [1.54, 1.807) is 0 Å². The van der Waals surface area contributed by atoms with E-state index in [1.165, 1.54) is 30.5 Å². The Labute approximate surface area is 148 Å². The first-order valence-corrected chi connectivity index (χ1v) is 9.70. The normalized spacial score (nSPS) is 12.6.